The topological polar surface area (TPSA) is 66.8 Å². The molecule has 1 aliphatic carbocycles. The van der Waals surface area contributed by atoms with E-state index in [0.29, 0.717) is 0 Å². The minimum atomic E-state index is -1.14. The maximum atomic E-state index is 10.9. The third-order valence-electron chi connectivity index (χ3n) is 1.70. The minimum absolute atomic E-state index is 0.0989. The Labute approximate surface area is 76.1 Å². The summed E-state index contributed by atoms with van der Waals surface area (Å²) >= 11 is 0. The first kappa shape index (κ1) is 9.95. The van der Waals surface area contributed by atoms with Crippen molar-refractivity contribution in [3.63, 3.8) is 0 Å². The van der Waals surface area contributed by atoms with Crippen molar-refractivity contribution in [1.29, 1.82) is 0 Å². The maximum Gasteiger partial charge on any atom is 0.310 e. The van der Waals surface area contributed by atoms with Gasteiger partial charge in [0, 0.05) is 6.42 Å². The van der Waals surface area contributed by atoms with Crippen LogP contribution in [0, 0.1) is 0 Å². The van der Waals surface area contributed by atoms with E-state index >= 15 is 0 Å². The summed E-state index contributed by atoms with van der Waals surface area (Å²) in [5, 5.41) is 18.5. The summed E-state index contributed by atoms with van der Waals surface area (Å²) in [5.41, 5.74) is 0. The number of aliphatic hydroxyl groups excluding tert-OH is 2. The molecule has 0 fully saturated rings. The van der Waals surface area contributed by atoms with Gasteiger partial charge in [-0.05, 0) is 6.08 Å². The van der Waals surface area contributed by atoms with Gasteiger partial charge in [-0.25, -0.2) is 0 Å². The molecule has 0 aromatic heterocycles. The molecule has 2 unspecified atom stereocenters. The van der Waals surface area contributed by atoms with Gasteiger partial charge in [0.1, 0.15) is 18.0 Å². The van der Waals surface area contributed by atoms with Gasteiger partial charge < -0.3 is 14.9 Å². The average molecular weight is 184 g/mol. The predicted molar refractivity (Wildman–Crippen MR) is 45.6 cm³/mol. The van der Waals surface area contributed by atoms with Crippen LogP contribution in [0.15, 0.2) is 24.0 Å². The van der Waals surface area contributed by atoms with Crippen molar-refractivity contribution < 1.29 is 19.7 Å². The highest BCUT2D eigenvalue weighted by Crippen LogP contribution is 2.15. The van der Waals surface area contributed by atoms with Gasteiger partial charge in [-0.1, -0.05) is 19.1 Å². The number of hydrogen-bond donors (Lipinski definition) is 2. The summed E-state index contributed by atoms with van der Waals surface area (Å²) in [6.45, 7) is 1.66. The lowest BCUT2D eigenvalue weighted by Crippen LogP contribution is -2.29. The molecule has 0 heterocycles. The van der Waals surface area contributed by atoms with Gasteiger partial charge in [0.25, 0.3) is 0 Å². The quantitative estimate of drug-likeness (QED) is 0.598. The van der Waals surface area contributed by atoms with E-state index < -0.39 is 18.2 Å². The summed E-state index contributed by atoms with van der Waals surface area (Å²) in [7, 11) is 0. The van der Waals surface area contributed by atoms with E-state index in [9.17, 15) is 9.90 Å². The number of hydrogen-bond acceptors (Lipinski definition) is 4. The zero-order valence-corrected chi connectivity index (χ0v) is 7.30. The largest absolute Gasteiger partial charge is 0.428 e. The first-order valence-corrected chi connectivity index (χ1v) is 4.10. The lowest BCUT2D eigenvalue weighted by Gasteiger charge is -2.19. The number of esters is 1. The van der Waals surface area contributed by atoms with Crippen LogP contribution in [0.4, 0.5) is 0 Å². The lowest BCUT2D eigenvalue weighted by atomic mass is 10.1. The van der Waals surface area contributed by atoms with Crippen molar-refractivity contribution in [3.8, 4) is 0 Å². The molecule has 0 aromatic rings. The van der Waals surface area contributed by atoms with Crippen molar-refractivity contribution in [2.24, 2.45) is 0 Å². The molecule has 0 spiro atoms. The van der Waals surface area contributed by atoms with Gasteiger partial charge in [0.05, 0.1) is 0 Å². The number of ether oxygens (including phenoxy) is 1. The summed E-state index contributed by atoms with van der Waals surface area (Å²) in [4.78, 5) is 10.9. The molecule has 2 N–H and O–H groups in total. The number of rotatable bonds is 2. The summed E-state index contributed by atoms with van der Waals surface area (Å²) < 4.78 is 4.78. The monoisotopic (exact) mass is 184 g/mol. The van der Waals surface area contributed by atoms with E-state index in [4.69, 9.17) is 9.84 Å². The standard InChI is InChI=1S/C9H12O4/c1-2-8(11)13-7-5-3-4-6(10)9(7)12/h3-6,9-10,12H,2H2,1H3. The smallest absolute Gasteiger partial charge is 0.310 e. The van der Waals surface area contributed by atoms with Crippen LogP contribution < -0.4 is 0 Å². The van der Waals surface area contributed by atoms with Gasteiger partial charge in [0.2, 0.25) is 0 Å². The van der Waals surface area contributed by atoms with Crippen LogP contribution in [-0.2, 0) is 9.53 Å². The van der Waals surface area contributed by atoms with Gasteiger partial charge in [-0.2, -0.15) is 0 Å². The first-order chi connectivity index (χ1) is 6.15. The van der Waals surface area contributed by atoms with Gasteiger partial charge in [-0.3, -0.25) is 4.79 Å². The van der Waals surface area contributed by atoms with E-state index in [0.717, 1.165) is 0 Å². The Kier molecular flexibility index (Phi) is 3.22. The minimum Gasteiger partial charge on any atom is -0.428 e. The second-order valence-corrected chi connectivity index (χ2v) is 2.72. The number of carbonyl (C=O) groups is 1. The van der Waals surface area contributed by atoms with Crippen molar-refractivity contribution >= 4 is 5.97 Å². The molecule has 4 heteroatoms. The summed E-state index contributed by atoms with van der Waals surface area (Å²) in [6.07, 6.45) is 2.53. The molecular formula is C9H12O4. The molecule has 1 aliphatic rings. The van der Waals surface area contributed by atoms with Crippen LogP contribution in [0.2, 0.25) is 0 Å². The SMILES string of the molecule is CCC(=O)OC1=CC=CC(O)C1O. The molecule has 0 radical (unpaired) electrons. The molecular weight excluding hydrogens is 172 g/mol. The van der Waals surface area contributed by atoms with Crippen molar-refractivity contribution in [3.05, 3.63) is 24.0 Å². The molecule has 0 bridgehead atoms. The number of carbonyl (C=O) groups excluding carboxylic acids is 1. The highest BCUT2D eigenvalue weighted by molar-refractivity contribution is 5.70. The maximum absolute atomic E-state index is 10.9. The van der Waals surface area contributed by atoms with Crippen LogP contribution in [0.1, 0.15) is 13.3 Å². The molecule has 0 aliphatic heterocycles. The third kappa shape index (κ3) is 2.40. The fourth-order valence-corrected chi connectivity index (χ4v) is 0.934. The van der Waals surface area contributed by atoms with Crippen molar-refractivity contribution in [2.45, 2.75) is 25.6 Å². The fraction of sp³-hybridized carbons (Fsp3) is 0.444. The molecule has 0 amide bonds. The normalized spacial score (nSPS) is 26.8. The Morgan fingerprint density at radius 1 is 1.62 bits per heavy atom. The Morgan fingerprint density at radius 2 is 2.31 bits per heavy atom. The second-order valence-electron chi connectivity index (χ2n) is 2.72. The van der Waals surface area contributed by atoms with E-state index in [1.807, 2.05) is 0 Å². The van der Waals surface area contributed by atoms with E-state index in [-0.39, 0.29) is 12.2 Å². The van der Waals surface area contributed by atoms with E-state index in [1.165, 1.54) is 18.2 Å². The number of allylic oxidation sites excluding steroid dienone is 2. The van der Waals surface area contributed by atoms with Crippen molar-refractivity contribution in [1.82, 2.24) is 0 Å². The van der Waals surface area contributed by atoms with Crippen LogP contribution >= 0.6 is 0 Å². The average Bonchev–Trinajstić information content (AvgIpc) is 2.13. The van der Waals surface area contributed by atoms with Gasteiger partial charge in [0.15, 0.2) is 0 Å². The highest BCUT2D eigenvalue weighted by atomic mass is 16.5. The van der Waals surface area contributed by atoms with E-state index in [1.54, 1.807) is 6.92 Å². The predicted octanol–water partition coefficient (Wildman–Crippen LogP) is 0.115. The second kappa shape index (κ2) is 4.20. The first-order valence-electron chi connectivity index (χ1n) is 4.10. The Balaban J connectivity index is 2.63. The Bertz CT molecular complexity index is 254. The fourth-order valence-electron chi connectivity index (χ4n) is 0.934. The zero-order valence-electron chi connectivity index (χ0n) is 7.30. The lowest BCUT2D eigenvalue weighted by molar-refractivity contribution is -0.141. The number of aliphatic hydroxyl groups is 2. The Morgan fingerprint density at radius 3 is 2.92 bits per heavy atom. The van der Waals surface area contributed by atoms with E-state index in [2.05, 4.69) is 0 Å². The molecule has 0 aromatic carbocycles. The third-order valence-corrected chi connectivity index (χ3v) is 1.70. The van der Waals surface area contributed by atoms with Crippen molar-refractivity contribution in [2.75, 3.05) is 0 Å². The van der Waals surface area contributed by atoms with Crippen LogP contribution in [0.25, 0.3) is 0 Å². The summed E-state index contributed by atoms with van der Waals surface area (Å²) in [5.74, 6) is -0.324. The van der Waals surface area contributed by atoms with Crippen LogP contribution in [-0.4, -0.2) is 28.4 Å². The molecule has 72 valence electrons. The summed E-state index contributed by atoms with van der Waals surface area (Å²) in [6, 6.07) is 0. The van der Waals surface area contributed by atoms with Crippen LogP contribution in [0.3, 0.4) is 0 Å². The molecule has 0 saturated carbocycles. The van der Waals surface area contributed by atoms with Crippen LogP contribution in [0.5, 0.6) is 0 Å². The molecule has 13 heavy (non-hydrogen) atoms. The molecule has 1 rings (SSSR count). The molecule has 0 saturated heterocycles. The molecule has 4 nitrogen and oxygen atoms in total. The van der Waals surface area contributed by atoms with Gasteiger partial charge >= 0.3 is 5.97 Å². The molecule has 2 atom stereocenters. The highest BCUT2D eigenvalue weighted by Gasteiger charge is 2.23. The van der Waals surface area contributed by atoms with Gasteiger partial charge in [-0.15, -0.1) is 0 Å². The Hall–Kier alpha value is -1.13. The zero-order chi connectivity index (χ0) is 9.84.